The summed E-state index contributed by atoms with van der Waals surface area (Å²) < 4.78 is 5.41. The summed E-state index contributed by atoms with van der Waals surface area (Å²) in [5, 5.41) is 0. The maximum Gasteiger partial charge on any atom is 0.213 e. The van der Waals surface area contributed by atoms with E-state index in [9.17, 15) is 0 Å². The van der Waals surface area contributed by atoms with Gasteiger partial charge in [0.2, 0.25) is 5.88 Å². The Morgan fingerprint density at radius 2 is 2.27 bits per heavy atom. The van der Waals surface area contributed by atoms with Crippen LogP contribution in [0.15, 0.2) is 18.3 Å². The highest BCUT2D eigenvalue weighted by atomic mass is 16.5. The monoisotopic (exact) mass is 150 g/mol. The van der Waals surface area contributed by atoms with Gasteiger partial charge in [-0.3, -0.25) is 0 Å². The Morgan fingerprint density at radius 3 is 2.82 bits per heavy atom. The number of anilines is 1. The van der Waals surface area contributed by atoms with Gasteiger partial charge in [0.05, 0.1) is 11.9 Å². The molecule has 1 aromatic heterocycles. The first-order valence-corrected chi connectivity index (χ1v) is 3.73. The average molecular weight is 150 g/mol. The van der Waals surface area contributed by atoms with Crippen LogP contribution in [0.2, 0.25) is 0 Å². The van der Waals surface area contributed by atoms with Crippen molar-refractivity contribution in [2.24, 2.45) is 0 Å². The molecule has 1 fully saturated rings. The lowest BCUT2D eigenvalue weighted by molar-refractivity contribution is 0.291. The first-order valence-electron chi connectivity index (χ1n) is 3.73. The molecule has 0 spiro atoms. The molecule has 1 aliphatic rings. The number of nitrogens with two attached hydrogens (primary N) is 1. The molecule has 0 aliphatic heterocycles. The van der Waals surface area contributed by atoms with Crippen LogP contribution in [0.1, 0.15) is 12.8 Å². The summed E-state index contributed by atoms with van der Waals surface area (Å²) >= 11 is 0. The first kappa shape index (κ1) is 6.46. The molecule has 1 aromatic rings. The van der Waals surface area contributed by atoms with Crippen LogP contribution in [0.5, 0.6) is 5.88 Å². The number of hydrogen-bond acceptors (Lipinski definition) is 3. The van der Waals surface area contributed by atoms with Crippen LogP contribution >= 0.6 is 0 Å². The molecule has 0 aromatic carbocycles. The molecule has 1 saturated carbocycles. The van der Waals surface area contributed by atoms with Crippen molar-refractivity contribution in [1.82, 2.24) is 4.98 Å². The van der Waals surface area contributed by atoms with E-state index in [0.717, 1.165) is 12.8 Å². The molecule has 0 amide bonds. The Labute approximate surface area is 65.2 Å². The number of ether oxygens (including phenoxy) is 1. The molecule has 3 nitrogen and oxygen atoms in total. The molecule has 2 N–H and O–H groups in total. The molecule has 0 radical (unpaired) electrons. The van der Waals surface area contributed by atoms with E-state index in [1.165, 1.54) is 0 Å². The minimum Gasteiger partial charge on any atom is -0.474 e. The highest BCUT2D eigenvalue weighted by molar-refractivity contribution is 5.36. The molecule has 0 bridgehead atoms. The van der Waals surface area contributed by atoms with E-state index in [4.69, 9.17) is 10.5 Å². The average Bonchev–Trinajstić information content (AvgIpc) is 2.78. The van der Waals surface area contributed by atoms with Crippen LogP contribution in [-0.4, -0.2) is 11.1 Å². The topological polar surface area (TPSA) is 48.1 Å². The summed E-state index contributed by atoms with van der Waals surface area (Å²) in [4.78, 5) is 4.01. The van der Waals surface area contributed by atoms with Gasteiger partial charge in [-0.2, -0.15) is 0 Å². The highest BCUT2D eigenvalue weighted by Gasteiger charge is 2.23. The zero-order chi connectivity index (χ0) is 7.68. The molecular formula is C8H10N2O. The predicted octanol–water partition coefficient (Wildman–Crippen LogP) is 1.21. The van der Waals surface area contributed by atoms with Crippen LogP contribution in [0, 0.1) is 0 Å². The number of aromatic nitrogens is 1. The summed E-state index contributed by atoms with van der Waals surface area (Å²) in [6, 6.07) is 3.60. The molecule has 0 atom stereocenters. The van der Waals surface area contributed by atoms with E-state index in [1.54, 1.807) is 18.3 Å². The van der Waals surface area contributed by atoms with Crippen molar-refractivity contribution < 1.29 is 4.74 Å². The fourth-order valence-corrected chi connectivity index (χ4v) is 0.818. The fourth-order valence-electron chi connectivity index (χ4n) is 0.818. The quantitative estimate of drug-likeness (QED) is 0.689. The molecule has 3 heteroatoms. The van der Waals surface area contributed by atoms with Crippen molar-refractivity contribution >= 4 is 5.69 Å². The summed E-state index contributed by atoms with van der Waals surface area (Å²) in [6.45, 7) is 0. The van der Waals surface area contributed by atoms with Gasteiger partial charge in [-0.1, -0.05) is 0 Å². The summed E-state index contributed by atoms with van der Waals surface area (Å²) in [5.41, 5.74) is 6.13. The lowest BCUT2D eigenvalue weighted by Crippen LogP contribution is -1.98. The molecule has 58 valence electrons. The number of rotatable bonds is 2. The van der Waals surface area contributed by atoms with Crippen molar-refractivity contribution in [3.8, 4) is 5.88 Å². The normalized spacial score (nSPS) is 16.4. The third-order valence-electron chi connectivity index (χ3n) is 1.57. The molecule has 0 saturated heterocycles. The second-order valence-electron chi connectivity index (χ2n) is 2.75. The van der Waals surface area contributed by atoms with Crippen LogP contribution < -0.4 is 10.5 Å². The Bertz CT molecular complexity index is 241. The first-order chi connectivity index (χ1) is 5.34. The van der Waals surface area contributed by atoms with Crippen LogP contribution in [-0.2, 0) is 0 Å². The maximum atomic E-state index is 5.46. The van der Waals surface area contributed by atoms with Crippen LogP contribution in [0.25, 0.3) is 0 Å². The second kappa shape index (κ2) is 2.42. The molecular weight excluding hydrogens is 140 g/mol. The van der Waals surface area contributed by atoms with Gasteiger partial charge in [0.25, 0.3) is 0 Å². The molecule has 1 heterocycles. The zero-order valence-corrected chi connectivity index (χ0v) is 6.16. The van der Waals surface area contributed by atoms with Crippen molar-refractivity contribution in [1.29, 1.82) is 0 Å². The van der Waals surface area contributed by atoms with E-state index < -0.39 is 0 Å². The van der Waals surface area contributed by atoms with Gasteiger partial charge in [-0.15, -0.1) is 0 Å². The van der Waals surface area contributed by atoms with Crippen molar-refractivity contribution in [2.45, 2.75) is 18.9 Å². The third kappa shape index (κ3) is 1.61. The number of nitrogens with zero attached hydrogens (tertiary/aromatic N) is 1. The van der Waals surface area contributed by atoms with Crippen LogP contribution in [0.4, 0.5) is 5.69 Å². The van der Waals surface area contributed by atoms with Crippen molar-refractivity contribution in [3.05, 3.63) is 18.3 Å². The van der Waals surface area contributed by atoms with E-state index >= 15 is 0 Å². The largest absolute Gasteiger partial charge is 0.474 e. The van der Waals surface area contributed by atoms with Gasteiger partial charge in [0.1, 0.15) is 6.10 Å². The smallest absolute Gasteiger partial charge is 0.213 e. The Hall–Kier alpha value is -1.25. The SMILES string of the molecule is Nc1ccc(OC2CC2)nc1. The minimum atomic E-state index is 0.408. The van der Waals surface area contributed by atoms with Crippen molar-refractivity contribution in [3.63, 3.8) is 0 Å². The Morgan fingerprint density at radius 1 is 1.45 bits per heavy atom. The Kier molecular flexibility index (Phi) is 1.42. The second-order valence-corrected chi connectivity index (χ2v) is 2.75. The zero-order valence-electron chi connectivity index (χ0n) is 6.16. The van der Waals surface area contributed by atoms with Crippen molar-refractivity contribution in [2.75, 3.05) is 5.73 Å². The standard InChI is InChI=1S/C8H10N2O/c9-6-1-4-8(10-5-6)11-7-2-3-7/h1,4-5,7H,2-3,9H2. The van der Waals surface area contributed by atoms with Gasteiger partial charge >= 0.3 is 0 Å². The number of nitrogen functional groups attached to an aromatic ring is 1. The van der Waals surface area contributed by atoms with Gasteiger partial charge in [0, 0.05) is 6.07 Å². The third-order valence-corrected chi connectivity index (χ3v) is 1.57. The van der Waals surface area contributed by atoms with Crippen LogP contribution in [0.3, 0.4) is 0 Å². The minimum absolute atomic E-state index is 0.408. The van der Waals surface area contributed by atoms with Gasteiger partial charge < -0.3 is 10.5 Å². The number of hydrogen-bond donors (Lipinski definition) is 1. The van der Waals surface area contributed by atoms with Gasteiger partial charge in [-0.25, -0.2) is 4.98 Å². The summed E-state index contributed by atoms with van der Waals surface area (Å²) in [6.07, 6.45) is 4.33. The fraction of sp³-hybridized carbons (Fsp3) is 0.375. The summed E-state index contributed by atoms with van der Waals surface area (Å²) in [7, 11) is 0. The molecule has 0 unspecified atom stereocenters. The van der Waals surface area contributed by atoms with Gasteiger partial charge in [-0.05, 0) is 18.9 Å². The van der Waals surface area contributed by atoms with E-state index in [1.807, 2.05) is 0 Å². The lowest BCUT2D eigenvalue weighted by atomic mass is 10.4. The molecule has 2 rings (SSSR count). The molecule has 11 heavy (non-hydrogen) atoms. The van der Waals surface area contributed by atoms with Gasteiger partial charge in [0.15, 0.2) is 0 Å². The highest BCUT2D eigenvalue weighted by Crippen LogP contribution is 2.25. The Balaban J connectivity index is 2.06. The maximum absolute atomic E-state index is 5.46. The molecule has 1 aliphatic carbocycles. The van der Waals surface area contributed by atoms with E-state index in [2.05, 4.69) is 4.98 Å². The lowest BCUT2D eigenvalue weighted by Gasteiger charge is -2.01. The van der Waals surface area contributed by atoms with E-state index in [0.29, 0.717) is 17.7 Å². The summed E-state index contributed by atoms with van der Waals surface area (Å²) in [5.74, 6) is 0.682. The number of pyridine rings is 1. The van der Waals surface area contributed by atoms with E-state index in [-0.39, 0.29) is 0 Å². The predicted molar refractivity (Wildman–Crippen MR) is 42.3 cm³/mol.